The molecule has 0 bridgehead atoms. The van der Waals surface area contributed by atoms with Crippen molar-refractivity contribution in [3.8, 4) is 0 Å². The monoisotopic (exact) mass is 211 g/mol. The Morgan fingerprint density at radius 2 is 2.00 bits per heavy atom. The topological polar surface area (TPSA) is 66.4 Å². The SMILES string of the molecule is CC1CCCC1NC(=O)C1(C(=O)O)CC1. The lowest BCUT2D eigenvalue weighted by atomic mass is 10.0. The molecule has 2 aliphatic rings. The average molecular weight is 211 g/mol. The Balaban J connectivity index is 1.95. The van der Waals surface area contributed by atoms with Crippen molar-refractivity contribution < 1.29 is 14.7 Å². The predicted octanol–water partition coefficient (Wildman–Crippen LogP) is 1.16. The number of aliphatic carboxylic acids is 1. The summed E-state index contributed by atoms with van der Waals surface area (Å²) in [7, 11) is 0. The molecule has 2 rings (SSSR count). The Bertz CT molecular complexity index is 296. The summed E-state index contributed by atoms with van der Waals surface area (Å²) < 4.78 is 0. The minimum atomic E-state index is -1.08. The van der Waals surface area contributed by atoms with Crippen LogP contribution in [-0.2, 0) is 9.59 Å². The van der Waals surface area contributed by atoms with Crippen LogP contribution in [0, 0.1) is 11.3 Å². The van der Waals surface area contributed by atoms with Crippen LogP contribution >= 0.6 is 0 Å². The summed E-state index contributed by atoms with van der Waals surface area (Å²) in [4.78, 5) is 22.7. The van der Waals surface area contributed by atoms with Crippen LogP contribution in [0.3, 0.4) is 0 Å². The number of hydrogen-bond acceptors (Lipinski definition) is 2. The maximum Gasteiger partial charge on any atom is 0.319 e. The molecule has 0 heterocycles. The number of rotatable bonds is 3. The molecule has 0 saturated heterocycles. The van der Waals surface area contributed by atoms with Gasteiger partial charge in [-0.25, -0.2) is 0 Å². The fourth-order valence-electron chi connectivity index (χ4n) is 2.33. The van der Waals surface area contributed by atoms with Crippen molar-refractivity contribution in [2.24, 2.45) is 11.3 Å². The smallest absolute Gasteiger partial charge is 0.319 e. The maximum atomic E-state index is 11.8. The minimum absolute atomic E-state index is 0.189. The third-order valence-corrected chi connectivity index (χ3v) is 3.77. The molecule has 0 aromatic heterocycles. The molecule has 4 heteroatoms. The lowest BCUT2D eigenvalue weighted by molar-refractivity contribution is -0.149. The van der Waals surface area contributed by atoms with E-state index in [0.717, 1.165) is 19.3 Å². The first kappa shape index (κ1) is 10.5. The largest absolute Gasteiger partial charge is 0.480 e. The van der Waals surface area contributed by atoms with Gasteiger partial charge in [-0.3, -0.25) is 9.59 Å². The molecule has 4 nitrogen and oxygen atoms in total. The average Bonchev–Trinajstić information content (AvgIpc) is 2.89. The molecule has 2 saturated carbocycles. The van der Waals surface area contributed by atoms with Gasteiger partial charge in [0.05, 0.1) is 0 Å². The highest BCUT2D eigenvalue weighted by atomic mass is 16.4. The van der Waals surface area contributed by atoms with Crippen LogP contribution in [0.2, 0.25) is 0 Å². The van der Waals surface area contributed by atoms with Crippen molar-refractivity contribution in [1.29, 1.82) is 0 Å². The third kappa shape index (κ3) is 1.73. The van der Waals surface area contributed by atoms with E-state index in [2.05, 4.69) is 12.2 Å². The van der Waals surface area contributed by atoms with Crippen LogP contribution in [-0.4, -0.2) is 23.0 Å². The zero-order chi connectivity index (χ0) is 11.1. The number of amides is 1. The van der Waals surface area contributed by atoms with Gasteiger partial charge >= 0.3 is 5.97 Å². The molecule has 2 atom stereocenters. The molecule has 2 unspecified atom stereocenters. The highest BCUT2D eigenvalue weighted by molar-refractivity contribution is 6.04. The number of carboxylic acid groups (broad SMARTS) is 1. The van der Waals surface area contributed by atoms with E-state index < -0.39 is 11.4 Å². The Morgan fingerprint density at radius 1 is 1.33 bits per heavy atom. The van der Waals surface area contributed by atoms with E-state index in [9.17, 15) is 9.59 Å². The number of carbonyl (C=O) groups excluding carboxylic acids is 1. The van der Waals surface area contributed by atoms with Crippen LogP contribution in [0.1, 0.15) is 39.0 Å². The summed E-state index contributed by atoms with van der Waals surface area (Å²) in [5, 5.41) is 11.8. The van der Waals surface area contributed by atoms with Gasteiger partial charge in [0.25, 0.3) is 0 Å². The Kier molecular flexibility index (Phi) is 2.44. The molecule has 0 aromatic carbocycles. The van der Waals surface area contributed by atoms with Gasteiger partial charge in [0.2, 0.25) is 5.91 Å². The second-order valence-corrected chi connectivity index (χ2v) is 4.88. The standard InChI is InChI=1S/C11H17NO3/c1-7-3-2-4-8(7)12-9(13)11(5-6-11)10(14)15/h7-8H,2-6H2,1H3,(H,12,13)(H,14,15). The van der Waals surface area contributed by atoms with Gasteiger partial charge in [0, 0.05) is 6.04 Å². The van der Waals surface area contributed by atoms with E-state index in [1.807, 2.05) is 0 Å². The van der Waals surface area contributed by atoms with Crippen molar-refractivity contribution >= 4 is 11.9 Å². The highest BCUT2D eigenvalue weighted by Gasteiger charge is 2.57. The second-order valence-electron chi connectivity index (χ2n) is 4.88. The van der Waals surface area contributed by atoms with Crippen LogP contribution in [0.25, 0.3) is 0 Å². The van der Waals surface area contributed by atoms with Gasteiger partial charge in [0.15, 0.2) is 0 Å². The number of hydrogen-bond donors (Lipinski definition) is 2. The third-order valence-electron chi connectivity index (χ3n) is 3.77. The van der Waals surface area contributed by atoms with Crippen LogP contribution in [0.15, 0.2) is 0 Å². The molecule has 1 amide bonds. The van der Waals surface area contributed by atoms with Crippen molar-refractivity contribution in [3.05, 3.63) is 0 Å². The summed E-state index contributed by atoms with van der Waals surface area (Å²) in [6.45, 7) is 2.11. The lowest BCUT2D eigenvalue weighted by Gasteiger charge is -2.19. The summed E-state index contributed by atoms with van der Waals surface area (Å²) >= 11 is 0. The lowest BCUT2D eigenvalue weighted by Crippen LogP contribution is -2.43. The van der Waals surface area contributed by atoms with Crippen LogP contribution in [0.4, 0.5) is 0 Å². The van der Waals surface area contributed by atoms with Crippen molar-refractivity contribution in [2.45, 2.75) is 45.1 Å². The van der Waals surface area contributed by atoms with E-state index in [-0.39, 0.29) is 11.9 Å². The van der Waals surface area contributed by atoms with Crippen LogP contribution in [0.5, 0.6) is 0 Å². The van der Waals surface area contributed by atoms with Gasteiger partial charge in [-0.05, 0) is 31.6 Å². The molecule has 0 aliphatic heterocycles. The first-order chi connectivity index (χ1) is 7.06. The summed E-state index contributed by atoms with van der Waals surface area (Å²) in [5.74, 6) is -0.752. The van der Waals surface area contributed by atoms with Gasteiger partial charge in [-0.1, -0.05) is 13.3 Å². The van der Waals surface area contributed by atoms with E-state index in [1.165, 1.54) is 0 Å². The number of nitrogens with one attached hydrogen (secondary N) is 1. The molecule has 2 fully saturated rings. The van der Waals surface area contributed by atoms with Gasteiger partial charge < -0.3 is 10.4 Å². The first-order valence-electron chi connectivity index (χ1n) is 5.60. The van der Waals surface area contributed by atoms with E-state index in [0.29, 0.717) is 18.8 Å². The molecule has 84 valence electrons. The zero-order valence-electron chi connectivity index (χ0n) is 8.95. The van der Waals surface area contributed by atoms with Gasteiger partial charge in [0.1, 0.15) is 5.41 Å². The fraction of sp³-hybridized carbons (Fsp3) is 0.818. The summed E-state index contributed by atoms with van der Waals surface area (Å²) in [5.41, 5.74) is -1.08. The van der Waals surface area contributed by atoms with Crippen molar-refractivity contribution in [1.82, 2.24) is 5.32 Å². The summed E-state index contributed by atoms with van der Waals surface area (Å²) in [6.07, 6.45) is 4.24. The first-order valence-corrected chi connectivity index (χ1v) is 5.60. The predicted molar refractivity (Wildman–Crippen MR) is 54.2 cm³/mol. The molecular formula is C11H17NO3. The molecule has 0 spiro atoms. The number of carbonyl (C=O) groups is 2. The Hall–Kier alpha value is -1.06. The minimum Gasteiger partial charge on any atom is -0.480 e. The van der Waals surface area contributed by atoms with E-state index >= 15 is 0 Å². The van der Waals surface area contributed by atoms with Crippen molar-refractivity contribution in [2.75, 3.05) is 0 Å². The second kappa shape index (κ2) is 3.51. The normalized spacial score (nSPS) is 32.3. The number of carboxylic acids is 1. The molecule has 15 heavy (non-hydrogen) atoms. The molecule has 0 aromatic rings. The Labute approximate surface area is 89.0 Å². The van der Waals surface area contributed by atoms with Crippen LogP contribution < -0.4 is 5.32 Å². The Morgan fingerprint density at radius 3 is 2.40 bits per heavy atom. The highest BCUT2D eigenvalue weighted by Crippen LogP contribution is 2.46. The molecule has 0 radical (unpaired) electrons. The quantitative estimate of drug-likeness (QED) is 0.688. The van der Waals surface area contributed by atoms with Crippen molar-refractivity contribution in [3.63, 3.8) is 0 Å². The molecule has 2 aliphatic carbocycles. The fourth-order valence-corrected chi connectivity index (χ4v) is 2.33. The van der Waals surface area contributed by atoms with Gasteiger partial charge in [-0.2, -0.15) is 0 Å². The zero-order valence-corrected chi connectivity index (χ0v) is 8.95. The molecule has 2 N–H and O–H groups in total. The van der Waals surface area contributed by atoms with E-state index in [1.54, 1.807) is 0 Å². The van der Waals surface area contributed by atoms with E-state index in [4.69, 9.17) is 5.11 Å². The molecular weight excluding hydrogens is 194 g/mol. The van der Waals surface area contributed by atoms with Gasteiger partial charge in [-0.15, -0.1) is 0 Å². The maximum absolute atomic E-state index is 11.8. The summed E-state index contributed by atoms with van der Waals surface area (Å²) in [6, 6.07) is 0.189.